The molecular formula is C40H43N3O6. The van der Waals surface area contributed by atoms with E-state index in [4.69, 9.17) is 9.47 Å². The van der Waals surface area contributed by atoms with Gasteiger partial charge in [0, 0.05) is 49.1 Å². The highest BCUT2D eigenvalue weighted by Gasteiger charge is 2.76. The van der Waals surface area contributed by atoms with Gasteiger partial charge in [0.1, 0.15) is 0 Å². The second-order valence-electron chi connectivity index (χ2n) is 17.8. The summed E-state index contributed by atoms with van der Waals surface area (Å²) in [6, 6.07) is 7.56. The van der Waals surface area contributed by atoms with E-state index in [1.807, 2.05) is 0 Å². The van der Waals surface area contributed by atoms with E-state index < -0.39 is 34.2 Å². The number of likely N-dealkylation sites (tertiary alicyclic amines) is 2. The second kappa shape index (κ2) is 8.28. The first-order chi connectivity index (χ1) is 23.7. The highest BCUT2D eigenvalue weighted by atomic mass is 16.5. The quantitative estimate of drug-likeness (QED) is 0.286. The molecular weight excluding hydrogens is 618 g/mol. The number of aromatic amines is 1. The fraction of sp³-hybridized carbons (Fsp3) is 0.600. The molecule has 2 aromatic carbocycles. The highest BCUT2D eigenvalue weighted by molar-refractivity contribution is 5.68. The van der Waals surface area contributed by atoms with Gasteiger partial charge in [0.15, 0.2) is 35.2 Å². The van der Waals surface area contributed by atoms with Gasteiger partial charge in [0.05, 0.1) is 33.4 Å². The number of fused-ring (bicyclic) bond motifs is 5. The predicted octanol–water partition coefficient (Wildman–Crippen LogP) is 3.82. The van der Waals surface area contributed by atoms with Crippen molar-refractivity contribution in [3.8, 4) is 23.0 Å². The van der Waals surface area contributed by atoms with Crippen LogP contribution in [0.4, 0.5) is 0 Å². The van der Waals surface area contributed by atoms with Gasteiger partial charge in [-0.1, -0.05) is 12.1 Å². The summed E-state index contributed by atoms with van der Waals surface area (Å²) in [5, 5.41) is 49.4. The van der Waals surface area contributed by atoms with Crippen molar-refractivity contribution in [1.29, 1.82) is 0 Å². The van der Waals surface area contributed by atoms with Gasteiger partial charge in [-0.3, -0.25) is 9.80 Å². The van der Waals surface area contributed by atoms with Crippen LogP contribution < -0.4 is 9.47 Å². The van der Waals surface area contributed by atoms with E-state index in [1.54, 1.807) is 12.1 Å². The normalized spacial score (nSPS) is 41.3. The van der Waals surface area contributed by atoms with Crippen LogP contribution >= 0.6 is 0 Å². The van der Waals surface area contributed by atoms with Crippen molar-refractivity contribution >= 4 is 0 Å². The topological polar surface area (TPSA) is 122 Å². The lowest BCUT2D eigenvalue weighted by atomic mass is 9.47. The second-order valence-corrected chi connectivity index (χ2v) is 17.8. The van der Waals surface area contributed by atoms with Gasteiger partial charge >= 0.3 is 0 Å². The zero-order valence-corrected chi connectivity index (χ0v) is 27.7. The monoisotopic (exact) mass is 661 g/mol. The number of phenols is 2. The number of nitrogens with zero attached hydrogens (tertiary/aromatic N) is 2. The molecule has 49 heavy (non-hydrogen) atoms. The molecule has 6 aliphatic carbocycles. The number of benzene rings is 2. The smallest absolute Gasteiger partial charge is 0.166 e. The minimum Gasteiger partial charge on any atom is -0.504 e. The molecule has 9 heteroatoms. The van der Waals surface area contributed by atoms with Crippen LogP contribution in [0.5, 0.6) is 23.0 Å². The number of nitrogens with one attached hydrogen (secondary N) is 1. The third kappa shape index (κ3) is 2.87. The van der Waals surface area contributed by atoms with E-state index in [2.05, 4.69) is 26.9 Å². The summed E-state index contributed by atoms with van der Waals surface area (Å²) in [4.78, 5) is 9.05. The fourth-order valence-electron chi connectivity index (χ4n) is 13.4. The van der Waals surface area contributed by atoms with Gasteiger partial charge in [0.25, 0.3) is 0 Å². The molecule has 1 aromatic heterocycles. The Labute approximate surface area is 284 Å². The van der Waals surface area contributed by atoms with Crippen molar-refractivity contribution in [2.24, 2.45) is 11.8 Å². The number of H-pyrrole nitrogens is 1. The maximum atomic E-state index is 13.5. The average molecular weight is 662 g/mol. The van der Waals surface area contributed by atoms with E-state index in [0.29, 0.717) is 36.2 Å². The van der Waals surface area contributed by atoms with Crippen molar-refractivity contribution in [1.82, 2.24) is 14.8 Å². The van der Waals surface area contributed by atoms with Crippen LogP contribution in [-0.2, 0) is 36.5 Å². The molecule has 254 valence electrons. The lowest BCUT2D eigenvalue weighted by Gasteiger charge is -2.63. The van der Waals surface area contributed by atoms with Crippen LogP contribution in [0.25, 0.3) is 0 Å². The number of rotatable bonds is 4. The standard InChI is InChI=1S/C40H43N3O6/c44-25-7-5-21-13-27-39(46)15-23-24-16-40(47)28-14-22-6-8-26(45)34-30(22)38(40,10-12-43(28)18-20-3-4-20)36(49-34)32(24)41-31(23)35-37(39,29(21)33(25)48-35)9-11-42(27)17-19-1-2-19/h5-8,19-20,27-28,35-36,41,44-47H,1-4,9-18H2/t27?,28?,35?,36?,37-,38-,39+,40+/m0/s1. The molecule has 5 N–H and O–H groups in total. The molecule has 4 fully saturated rings. The van der Waals surface area contributed by atoms with E-state index in [0.717, 1.165) is 85.5 Å². The number of piperidine rings is 2. The Hall–Kier alpha value is -3.24. The third-order valence-corrected chi connectivity index (χ3v) is 15.7. The lowest BCUT2D eigenvalue weighted by Crippen LogP contribution is -2.75. The molecule has 8 atom stereocenters. The summed E-state index contributed by atoms with van der Waals surface area (Å²) in [5.74, 6) is 2.77. The third-order valence-electron chi connectivity index (χ3n) is 15.7. The maximum Gasteiger partial charge on any atom is 0.166 e. The highest BCUT2D eigenvalue weighted by Crippen LogP contribution is 2.72. The fourth-order valence-corrected chi connectivity index (χ4v) is 13.4. The van der Waals surface area contributed by atoms with Crippen molar-refractivity contribution in [2.45, 2.75) is 111 Å². The van der Waals surface area contributed by atoms with Crippen molar-refractivity contribution in [2.75, 3.05) is 26.2 Å². The van der Waals surface area contributed by atoms with Crippen LogP contribution in [0.3, 0.4) is 0 Å². The van der Waals surface area contributed by atoms with E-state index in [-0.39, 0.29) is 23.6 Å². The van der Waals surface area contributed by atoms with Gasteiger partial charge in [0.2, 0.25) is 0 Å². The molecule has 2 saturated carbocycles. The Balaban J connectivity index is 1.03. The van der Waals surface area contributed by atoms with Crippen LogP contribution in [-0.4, -0.2) is 84.7 Å². The van der Waals surface area contributed by atoms with Gasteiger partial charge in [-0.05, 0) is 111 Å². The number of aliphatic hydroxyl groups is 2. The number of phenolic OH excluding ortho intramolecular Hbond substituents is 2. The minimum absolute atomic E-state index is 0.0535. The van der Waals surface area contributed by atoms with Crippen molar-refractivity contribution in [3.63, 3.8) is 0 Å². The van der Waals surface area contributed by atoms with Crippen molar-refractivity contribution in [3.05, 3.63) is 69.0 Å². The predicted molar refractivity (Wildman–Crippen MR) is 177 cm³/mol. The Kier molecular flexibility index (Phi) is 4.64. The summed E-state index contributed by atoms with van der Waals surface area (Å²) in [7, 11) is 0. The van der Waals surface area contributed by atoms with E-state index in [1.165, 1.54) is 36.8 Å². The summed E-state index contributed by atoms with van der Waals surface area (Å²) in [6.07, 6.45) is 8.06. The van der Waals surface area contributed by atoms with Crippen LogP contribution in [0.1, 0.15) is 95.5 Å². The molecule has 2 saturated heterocycles. The molecule has 3 aromatic rings. The Bertz CT molecular complexity index is 1910. The summed E-state index contributed by atoms with van der Waals surface area (Å²) in [5.41, 5.74) is 4.93. The summed E-state index contributed by atoms with van der Waals surface area (Å²) < 4.78 is 13.9. The van der Waals surface area contributed by atoms with E-state index >= 15 is 0 Å². The molecule has 4 unspecified atom stereocenters. The Morgan fingerprint density at radius 1 is 0.673 bits per heavy atom. The molecule has 5 heterocycles. The SMILES string of the molecule is Oc1ccc2c3c1OC1c4[nH]c5c(c4C[C@@]4(O)C(C2)N(CC2CC2)CC[C@]314)C[C@@]1(O)C2Cc3ccc(O)c4c3[C@@]1(CCN2CC1CC1)C5O4. The average Bonchev–Trinajstić information content (AvgIpc) is 3.98. The number of aromatic hydroxyl groups is 2. The molecule has 0 radical (unpaired) electrons. The summed E-state index contributed by atoms with van der Waals surface area (Å²) in [6.45, 7) is 3.84. The molecule has 0 amide bonds. The van der Waals surface area contributed by atoms with Crippen LogP contribution in [0.2, 0.25) is 0 Å². The molecule has 10 aliphatic rings. The van der Waals surface area contributed by atoms with Gasteiger partial charge in [-0.2, -0.15) is 0 Å². The first-order valence-electron chi connectivity index (χ1n) is 19.0. The first-order valence-corrected chi connectivity index (χ1v) is 19.0. The van der Waals surface area contributed by atoms with Crippen LogP contribution in [0, 0.1) is 11.8 Å². The van der Waals surface area contributed by atoms with E-state index in [9.17, 15) is 20.4 Å². The van der Waals surface area contributed by atoms with Gasteiger partial charge < -0.3 is 34.9 Å². The molecule has 2 spiro atoms. The zero-order chi connectivity index (χ0) is 32.4. The first kappa shape index (κ1) is 27.5. The number of hydrogen-bond donors (Lipinski definition) is 5. The molecule has 4 aliphatic heterocycles. The number of aromatic nitrogens is 1. The molecule has 13 rings (SSSR count). The number of hydrogen-bond acceptors (Lipinski definition) is 8. The van der Waals surface area contributed by atoms with Gasteiger partial charge in [-0.25, -0.2) is 0 Å². The minimum atomic E-state index is -1.09. The lowest BCUT2D eigenvalue weighted by molar-refractivity contribution is -0.176. The van der Waals surface area contributed by atoms with Crippen LogP contribution in [0.15, 0.2) is 24.3 Å². The van der Waals surface area contributed by atoms with Crippen molar-refractivity contribution < 1.29 is 29.9 Å². The molecule has 9 nitrogen and oxygen atoms in total. The summed E-state index contributed by atoms with van der Waals surface area (Å²) >= 11 is 0. The van der Waals surface area contributed by atoms with Gasteiger partial charge in [-0.15, -0.1) is 0 Å². The molecule has 4 bridgehead atoms. The number of ether oxygens (including phenoxy) is 2. The Morgan fingerprint density at radius 2 is 1.12 bits per heavy atom. The largest absolute Gasteiger partial charge is 0.504 e. The zero-order valence-electron chi connectivity index (χ0n) is 27.7. The maximum absolute atomic E-state index is 13.5. The Morgan fingerprint density at radius 3 is 1.55 bits per heavy atom.